The van der Waals surface area contributed by atoms with Crippen LogP contribution in [0.2, 0.25) is 0 Å². The minimum absolute atomic E-state index is 0.0311. The van der Waals surface area contributed by atoms with Crippen LogP contribution in [0.15, 0.2) is 12.3 Å². The summed E-state index contributed by atoms with van der Waals surface area (Å²) in [6.07, 6.45) is 13.3. The highest BCUT2D eigenvalue weighted by Crippen LogP contribution is 2.88. The van der Waals surface area contributed by atoms with Crippen molar-refractivity contribution in [3.8, 4) is 0 Å². The minimum Gasteiger partial charge on any atom is -0.377 e. The van der Waals surface area contributed by atoms with Crippen LogP contribution in [0.1, 0.15) is 166 Å². The summed E-state index contributed by atoms with van der Waals surface area (Å²) < 4.78 is 0. The number of carbonyl (C=O) groups is 5. The lowest BCUT2D eigenvalue weighted by molar-refractivity contribution is -0.145. The van der Waals surface area contributed by atoms with E-state index >= 15 is 4.79 Å². The molecule has 6 atom stereocenters. The highest BCUT2D eigenvalue weighted by molar-refractivity contribution is 6.38. The summed E-state index contributed by atoms with van der Waals surface area (Å²) in [6, 6.07) is -2.68. The average molecular weight is 809 g/mol. The van der Waals surface area contributed by atoms with Crippen molar-refractivity contribution in [1.82, 2.24) is 31.1 Å². The van der Waals surface area contributed by atoms with Crippen molar-refractivity contribution >= 4 is 29.4 Å². The van der Waals surface area contributed by atoms with E-state index in [1.165, 1.54) is 0 Å². The highest BCUT2D eigenvalue weighted by atomic mass is 16.2. The number of amides is 4. The second-order valence-corrected chi connectivity index (χ2v) is 20.6. The molecule has 11 heteroatoms. The van der Waals surface area contributed by atoms with E-state index in [0.717, 1.165) is 95.8 Å². The molecule has 0 aromatic heterocycles. The number of carbonyl (C=O) groups excluding carboxylic acids is 5. The van der Waals surface area contributed by atoms with E-state index in [2.05, 4.69) is 60.4 Å². The Kier molecular flexibility index (Phi) is 14.6. The number of likely N-dealkylation sites (tertiary alicyclic amines) is 2. The van der Waals surface area contributed by atoms with Gasteiger partial charge in [-0.25, -0.2) is 0 Å². The first-order chi connectivity index (χ1) is 27.4. The van der Waals surface area contributed by atoms with Crippen LogP contribution in [0.5, 0.6) is 0 Å². The lowest BCUT2D eigenvalue weighted by Crippen LogP contribution is -2.61. The molecule has 4 N–H and O–H groups in total. The SMILES string of the molecule is C=C(NC(C(=O)N[C@H](C(=O)N1C[C@]2(C[C@H]1C(=O)N[C@@H](CCC)C(=O)C(=O)NC1CC1)C(C)(C)C21CCC1)C1CCCCC1)C(C)(C)C)[C@@H]1CCCN(C(C)C)C1.CC. The monoisotopic (exact) mass is 809 g/mol. The summed E-state index contributed by atoms with van der Waals surface area (Å²) >= 11 is 0. The molecule has 328 valence electrons. The van der Waals surface area contributed by atoms with Crippen molar-refractivity contribution < 1.29 is 24.0 Å². The molecule has 4 aliphatic carbocycles. The Morgan fingerprint density at radius 2 is 1.50 bits per heavy atom. The third kappa shape index (κ3) is 9.05. The smallest absolute Gasteiger partial charge is 0.289 e. The molecule has 1 unspecified atom stereocenters. The fourth-order valence-corrected chi connectivity index (χ4v) is 11.5. The summed E-state index contributed by atoms with van der Waals surface area (Å²) in [5.74, 6) is -1.89. The van der Waals surface area contributed by atoms with Crippen LogP contribution < -0.4 is 21.3 Å². The molecule has 2 heterocycles. The van der Waals surface area contributed by atoms with Gasteiger partial charge in [0.15, 0.2) is 0 Å². The molecule has 0 radical (unpaired) electrons. The number of piperidine rings is 1. The van der Waals surface area contributed by atoms with E-state index in [4.69, 9.17) is 0 Å². The van der Waals surface area contributed by atoms with Gasteiger partial charge >= 0.3 is 0 Å². The van der Waals surface area contributed by atoms with Crippen molar-refractivity contribution in [2.45, 2.75) is 202 Å². The van der Waals surface area contributed by atoms with Gasteiger partial charge in [0.2, 0.25) is 23.5 Å². The number of nitrogens with zero attached hydrogens (tertiary/aromatic N) is 2. The normalized spacial score (nSPS) is 28.0. The van der Waals surface area contributed by atoms with Gasteiger partial charge in [0.1, 0.15) is 18.1 Å². The Bertz CT molecular complexity index is 1520. The van der Waals surface area contributed by atoms with Crippen molar-refractivity contribution in [2.24, 2.45) is 33.5 Å². The maximum atomic E-state index is 15.3. The molecule has 6 aliphatic rings. The Morgan fingerprint density at radius 3 is 2.03 bits per heavy atom. The molecule has 4 saturated carbocycles. The van der Waals surface area contributed by atoms with Crippen LogP contribution in [0.25, 0.3) is 0 Å². The van der Waals surface area contributed by atoms with E-state index in [1.807, 2.05) is 41.5 Å². The van der Waals surface area contributed by atoms with Crippen molar-refractivity contribution in [3.63, 3.8) is 0 Å². The molecular weight excluding hydrogens is 729 g/mol. The minimum atomic E-state index is -0.957. The number of fused-ring (bicyclic) bond motifs is 1. The first-order valence-electron chi connectivity index (χ1n) is 23.3. The molecule has 2 spiro atoms. The predicted molar refractivity (Wildman–Crippen MR) is 230 cm³/mol. The van der Waals surface area contributed by atoms with E-state index in [0.29, 0.717) is 31.8 Å². The number of hydrogen-bond acceptors (Lipinski definition) is 7. The predicted octanol–water partition coefficient (Wildman–Crippen LogP) is 6.65. The van der Waals surface area contributed by atoms with Gasteiger partial charge in [-0.1, -0.05) is 94.1 Å². The van der Waals surface area contributed by atoms with Gasteiger partial charge < -0.3 is 31.1 Å². The van der Waals surface area contributed by atoms with Gasteiger partial charge in [-0.15, -0.1) is 0 Å². The summed E-state index contributed by atoms with van der Waals surface area (Å²) in [6.45, 7) is 28.0. The van der Waals surface area contributed by atoms with Crippen LogP contribution in [-0.2, 0) is 24.0 Å². The van der Waals surface area contributed by atoms with E-state index in [-0.39, 0.29) is 51.8 Å². The standard InChI is InChI=1S/C45H74N6O5.C2H6/c1-10-16-33(36(52)39(54)47-32-20-21-32)48-38(53)34-25-45(43(8,9)44(45)22-15-23-44)27-51(34)41(56)35(30-17-12-11-13-18-30)49-40(55)37(42(5,6)7)46-29(4)31-19-14-24-50(26-31)28(2)3;1-2/h28,30-35,37,46H,4,10-27H2,1-3,5-9H3,(H,47,54)(H,48,53)(H,49,55);1-2H3/t31-,33+,34+,35+,37?,45-;/m1./s1. The molecule has 0 aromatic rings. The second kappa shape index (κ2) is 18.3. The molecule has 6 rings (SSSR count). The molecule has 2 aliphatic heterocycles. The maximum absolute atomic E-state index is 15.3. The zero-order chi connectivity index (χ0) is 42.8. The molecule has 6 fully saturated rings. The number of rotatable bonds is 15. The molecule has 4 amide bonds. The summed E-state index contributed by atoms with van der Waals surface area (Å²) in [4.78, 5) is 75.0. The van der Waals surface area contributed by atoms with Gasteiger partial charge in [0.25, 0.3) is 5.91 Å². The van der Waals surface area contributed by atoms with Gasteiger partial charge in [-0.05, 0) is 107 Å². The third-order valence-corrected chi connectivity index (χ3v) is 15.6. The number of hydrogen-bond donors (Lipinski definition) is 4. The molecule has 0 bridgehead atoms. The molecule has 2 saturated heterocycles. The zero-order valence-electron chi connectivity index (χ0n) is 38.0. The maximum Gasteiger partial charge on any atom is 0.289 e. The average Bonchev–Trinajstić information content (AvgIpc) is 4.00. The first kappa shape index (κ1) is 46.1. The van der Waals surface area contributed by atoms with Gasteiger partial charge in [-0.3, -0.25) is 24.0 Å². The van der Waals surface area contributed by atoms with Crippen LogP contribution in [0, 0.1) is 33.5 Å². The lowest BCUT2D eigenvalue weighted by atomic mass is 9.73. The Labute approximate surface area is 350 Å². The topological polar surface area (TPSA) is 140 Å². The summed E-state index contributed by atoms with van der Waals surface area (Å²) in [7, 11) is 0. The summed E-state index contributed by atoms with van der Waals surface area (Å²) in [5, 5.41) is 12.7. The van der Waals surface area contributed by atoms with E-state index in [9.17, 15) is 19.2 Å². The van der Waals surface area contributed by atoms with Crippen LogP contribution in [-0.4, -0.2) is 95.1 Å². The van der Waals surface area contributed by atoms with Crippen molar-refractivity contribution in [2.75, 3.05) is 19.6 Å². The number of ketones is 1. The van der Waals surface area contributed by atoms with Crippen LogP contribution >= 0.6 is 0 Å². The summed E-state index contributed by atoms with van der Waals surface area (Å²) in [5.41, 5.74) is 0.200. The first-order valence-corrected chi connectivity index (χ1v) is 23.3. The van der Waals surface area contributed by atoms with Gasteiger partial charge in [0.05, 0.1) is 6.04 Å². The molecular formula is C47H80N6O5. The molecule has 58 heavy (non-hydrogen) atoms. The van der Waals surface area contributed by atoms with Crippen LogP contribution in [0.3, 0.4) is 0 Å². The Hall–Kier alpha value is -2.95. The number of nitrogens with one attached hydrogen (secondary N) is 4. The number of Topliss-reactive ketones (excluding diaryl/α,β-unsaturated/α-hetero) is 1. The van der Waals surface area contributed by atoms with E-state index in [1.54, 1.807) is 4.90 Å². The fourth-order valence-electron chi connectivity index (χ4n) is 11.5. The molecule has 11 nitrogen and oxygen atoms in total. The zero-order valence-corrected chi connectivity index (χ0v) is 38.0. The lowest BCUT2D eigenvalue weighted by Gasteiger charge is -2.40. The highest BCUT2D eigenvalue weighted by Gasteiger charge is 2.85. The fraction of sp³-hybridized carbons (Fsp3) is 0.851. The van der Waals surface area contributed by atoms with E-state index < -0.39 is 41.3 Å². The Balaban J connectivity index is 0.00000315. The molecule has 0 aromatic carbocycles. The second-order valence-electron chi connectivity index (χ2n) is 20.6. The van der Waals surface area contributed by atoms with Crippen molar-refractivity contribution in [3.05, 3.63) is 12.3 Å². The van der Waals surface area contributed by atoms with Crippen LogP contribution in [0.4, 0.5) is 0 Å². The quantitative estimate of drug-likeness (QED) is 0.136. The van der Waals surface area contributed by atoms with Gasteiger partial charge in [-0.2, -0.15) is 0 Å². The Morgan fingerprint density at radius 1 is 0.845 bits per heavy atom. The van der Waals surface area contributed by atoms with Gasteiger partial charge in [0, 0.05) is 42.2 Å². The van der Waals surface area contributed by atoms with Crippen molar-refractivity contribution in [1.29, 1.82) is 0 Å². The largest absolute Gasteiger partial charge is 0.377 e. The third-order valence-electron chi connectivity index (χ3n) is 15.6.